The minimum atomic E-state index is -0.521. The zero-order valence-corrected chi connectivity index (χ0v) is 13.2. The van der Waals surface area contributed by atoms with Crippen molar-refractivity contribution in [2.75, 3.05) is 13.2 Å². The van der Waals surface area contributed by atoms with Gasteiger partial charge in [0.2, 0.25) is 0 Å². The van der Waals surface area contributed by atoms with Gasteiger partial charge in [-0.2, -0.15) is 5.10 Å². The number of carbonyl (C=O) groups excluding carboxylic acids is 1. The van der Waals surface area contributed by atoms with Gasteiger partial charge in [0.1, 0.15) is 5.82 Å². The highest BCUT2D eigenvalue weighted by molar-refractivity contribution is 7.71. The van der Waals surface area contributed by atoms with Gasteiger partial charge in [-0.3, -0.25) is 9.89 Å². The van der Waals surface area contributed by atoms with Crippen molar-refractivity contribution in [1.82, 2.24) is 20.1 Å². The number of nitrogens with one attached hydrogen (secondary N) is 2. The summed E-state index contributed by atoms with van der Waals surface area (Å²) in [6.07, 6.45) is 0.946. The molecule has 0 aliphatic carbocycles. The predicted octanol–water partition coefficient (Wildman–Crippen LogP) is 1.45. The molecule has 22 heavy (non-hydrogen) atoms. The smallest absolute Gasteiger partial charge is 0.253 e. The summed E-state index contributed by atoms with van der Waals surface area (Å²) >= 11 is 5.06. The Balaban J connectivity index is 1.61. The molecule has 1 aromatic carbocycles. The van der Waals surface area contributed by atoms with E-state index in [1.54, 1.807) is 4.57 Å². The average Bonchev–Trinajstić information content (AvgIpc) is 2.86. The first-order valence-electron chi connectivity index (χ1n) is 7.24. The molecular weight excluding hydrogens is 300 g/mol. The minimum absolute atomic E-state index is 0.107. The fraction of sp³-hybridized carbons (Fsp3) is 0.400. The number of H-pyrrole nitrogens is 1. The molecule has 0 saturated heterocycles. The number of hydrogen-bond acceptors (Lipinski definition) is 4. The maximum atomic E-state index is 12.3. The van der Waals surface area contributed by atoms with E-state index >= 15 is 0 Å². The van der Waals surface area contributed by atoms with E-state index in [1.807, 2.05) is 31.3 Å². The Labute approximate surface area is 133 Å². The number of ether oxygens (including phenoxy) is 1. The van der Waals surface area contributed by atoms with Gasteiger partial charge in [-0.25, -0.2) is 0 Å². The first-order chi connectivity index (χ1) is 10.7. The monoisotopic (exact) mass is 318 g/mol. The van der Waals surface area contributed by atoms with Crippen molar-refractivity contribution in [3.8, 4) is 0 Å². The van der Waals surface area contributed by atoms with E-state index in [0.717, 1.165) is 17.8 Å². The Bertz CT molecular complexity index is 737. The van der Waals surface area contributed by atoms with E-state index in [-0.39, 0.29) is 5.91 Å². The molecule has 3 rings (SSSR count). The van der Waals surface area contributed by atoms with E-state index in [4.69, 9.17) is 17.0 Å². The molecule has 2 N–H and O–H groups in total. The van der Waals surface area contributed by atoms with E-state index in [2.05, 4.69) is 15.5 Å². The molecule has 116 valence electrons. The van der Waals surface area contributed by atoms with Gasteiger partial charge in [0, 0.05) is 20.0 Å². The lowest BCUT2D eigenvalue weighted by Crippen LogP contribution is -2.35. The maximum absolute atomic E-state index is 12.3. The average molecular weight is 318 g/mol. The van der Waals surface area contributed by atoms with Crippen molar-refractivity contribution in [3.05, 3.63) is 46.0 Å². The summed E-state index contributed by atoms with van der Waals surface area (Å²) in [5.74, 6) is 0.708. The van der Waals surface area contributed by atoms with Gasteiger partial charge in [-0.1, -0.05) is 24.3 Å². The summed E-state index contributed by atoms with van der Waals surface area (Å²) in [4.78, 5) is 12.3. The van der Waals surface area contributed by atoms with Gasteiger partial charge in [-0.15, -0.1) is 0 Å². The number of nitrogens with zero attached hydrogens (tertiary/aromatic N) is 2. The summed E-state index contributed by atoms with van der Waals surface area (Å²) in [5, 5.41) is 9.77. The Morgan fingerprint density at radius 3 is 3.14 bits per heavy atom. The number of rotatable bonds is 4. The normalized spacial score (nSPS) is 17.0. The lowest BCUT2D eigenvalue weighted by atomic mass is 9.97. The third-order valence-corrected chi connectivity index (χ3v) is 4.22. The molecule has 2 heterocycles. The number of amides is 1. The SMILES string of the molecule is Cn1c(CCNC(=O)[C@@H]2OCCc3ccccc32)n[nH]c1=S. The van der Waals surface area contributed by atoms with Gasteiger partial charge in [0.25, 0.3) is 5.91 Å². The van der Waals surface area contributed by atoms with Crippen LogP contribution in [0.3, 0.4) is 0 Å². The number of aromatic amines is 1. The van der Waals surface area contributed by atoms with E-state index in [9.17, 15) is 4.79 Å². The molecule has 2 aromatic rings. The van der Waals surface area contributed by atoms with Gasteiger partial charge in [-0.05, 0) is 29.8 Å². The van der Waals surface area contributed by atoms with Crippen LogP contribution in [0.5, 0.6) is 0 Å². The molecule has 0 spiro atoms. The topological polar surface area (TPSA) is 71.9 Å². The predicted molar refractivity (Wildman–Crippen MR) is 83.9 cm³/mol. The van der Waals surface area contributed by atoms with Crippen molar-refractivity contribution in [3.63, 3.8) is 0 Å². The fourth-order valence-electron chi connectivity index (χ4n) is 2.60. The van der Waals surface area contributed by atoms with Gasteiger partial charge < -0.3 is 14.6 Å². The lowest BCUT2D eigenvalue weighted by Gasteiger charge is -2.25. The molecule has 1 aliphatic heterocycles. The molecule has 0 radical (unpaired) electrons. The molecule has 0 saturated carbocycles. The van der Waals surface area contributed by atoms with Crippen LogP contribution >= 0.6 is 12.2 Å². The van der Waals surface area contributed by atoms with Crippen LogP contribution in [0.25, 0.3) is 0 Å². The summed E-state index contributed by atoms with van der Waals surface area (Å²) in [6.45, 7) is 1.07. The molecule has 1 atom stereocenters. The van der Waals surface area contributed by atoms with Crippen LogP contribution in [0.2, 0.25) is 0 Å². The second kappa shape index (κ2) is 6.41. The highest BCUT2D eigenvalue weighted by Gasteiger charge is 2.26. The van der Waals surface area contributed by atoms with Crippen molar-refractivity contribution in [2.45, 2.75) is 18.9 Å². The molecule has 1 aliphatic rings. The molecule has 7 heteroatoms. The quantitative estimate of drug-likeness (QED) is 0.837. The zero-order chi connectivity index (χ0) is 15.5. The summed E-state index contributed by atoms with van der Waals surface area (Å²) in [6, 6.07) is 7.93. The van der Waals surface area contributed by atoms with Gasteiger partial charge >= 0.3 is 0 Å². The minimum Gasteiger partial charge on any atom is -0.363 e. The molecule has 1 amide bonds. The van der Waals surface area contributed by atoms with Crippen LogP contribution in [-0.2, 0) is 29.4 Å². The van der Waals surface area contributed by atoms with Gasteiger partial charge in [0.05, 0.1) is 6.61 Å². The highest BCUT2D eigenvalue weighted by Crippen LogP contribution is 2.26. The maximum Gasteiger partial charge on any atom is 0.253 e. The Hall–Kier alpha value is -1.99. The summed E-state index contributed by atoms with van der Waals surface area (Å²) < 4.78 is 8.02. The van der Waals surface area contributed by atoms with Crippen molar-refractivity contribution >= 4 is 18.1 Å². The second-order valence-corrected chi connectivity index (χ2v) is 5.63. The third kappa shape index (κ3) is 2.95. The molecule has 1 aromatic heterocycles. The van der Waals surface area contributed by atoms with E-state index < -0.39 is 6.10 Å². The number of fused-ring (bicyclic) bond motifs is 1. The number of carbonyl (C=O) groups is 1. The first-order valence-corrected chi connectivity index (χ1v) is 7.65. The third-order valence-electron chi connectivity index (χ3n) is 3.85. The summed E-state index contributed by atoms with van der Waals surface area (Å²) in [7, 11) is 1.85. The van der Waals surface area contributed by atoms with Gasteiger partial charge in [0.15, 0.2) is 10.9 Å². The van der Waals surface area contributed by atoms with E-state index in [0.29, 0.717) is 24.3 Å². The highest BCUT2D eigenvalue weighted by atomic mass is 32.1. The number of benzene rings is 1. The van der Waals surface area contributed by atoms with Crippen LogP contribution in [0.15, 0.2) is 24.3 Å². The van der Waals surface area contributed by atoms with Crippen molar-refractivity contribution in [2.24, 2.45) is 7.05 Å². The largest absolute Gasteiger partial charge is 0.363 e. The van der Waals surface area contributed by atoms with Crippen LogP contribution in [0, 0.1) is 4.77 Å². The number of hydrogen-bond donors (Lipinski definition) is 2. The molecule has 0 fully saturated rings. The van der Waals surface area contributed by atoms with Crippen LogP contribution in [0.1, 0.15) is 23.1 Å². The Morgan fingerprint density at radius 2 is 2.36 bits per heavy atom. The van der Waals surface area contributed by atoms with Crippen LogP contribution in [0.4, 0.5) is 0 Å². The standard InChI is InChI=1S/C15H18N4O2S/c1-19-12(17-18-15(19)22)6-8-16-14(20)13-11-5-3-2-4-10(11)7-9-21-13/h2-5,13H,6-9H2,1H3,(H,16,20)(H,18,22)/t13-/m1/s1. The molecule has 6 nitrogen and oxygen atoms in total. The zero-order valence-electron chi connectivity index (χ0n) is 12.3. The van der Waals surface area contributed by atoms with Crippen molar-refractivity contribution < 1.29 is 9.53 Å². The van der Waals surface area contributed by atoms with Crippen LogP contribution in [-0.4, -0.2) is 33.8 Å². The molecular formula is C15H18N4O2S. The Morgan fingerprint density at radius 1 is 1.55 bits per heavy atom. The lowest BCUT2D eigenvalue weighted by molar-refractivity contribution is -0.134. The van der Waals surface area contributed by atoms with Crippen LogP contribution < -0.4 is 5.32 Å². The Kier molecular flexibility index (Phi) is 4.35. The van der Waals surface area contributed by atoms with E-state index in [1.165, 1.54) is 5.56 Å². The summed E-state index contributed by atoms with van der Waals surface area (Å²) in [5.41, 5.74) is 2.15. The molecule has 0 unspecified atom stereocenters. The first kappa shape index (κ1) is 14.9. The fourth-order valence-corrected chi connectivity index (χ4v) is 2.76. The molecule has 0 bridgehead atoms. The number of aromatic nitrogens is 3. The second-order valence-electron chi connectivity index (χ2n) is 5.24. The van der Waals surface area contributed by atoms with Crippen molar-refractivity contribution in [1.29, 1.82) is 0 Å².